The van der Waals surface area contributed by atoms with E-state index in [0.717, 1.165) is 0 Å². The van der Waals surface area contributed by atoms with Crippen LogP contribution < -0.4 is 5.73 Å². The normalized spacial score (nSPS) is 30.8. The molecule has 4 N–H and O–H groups in total. The Morgan fingerprint density at radius 3 is 2.89 bits per heavy atom. The lowest BCUT2D eigenvalue weighted by Gasteiger charge is -2.24. The van der Waals surface area contributed by atoms with Crippen molar-refractivity contribution in [2.24, 2.45) is 0 Å². The highest BCUT2D eigenvalue weighted by Crippen LogP contribution is 2.43. The molecule has 2 aromatic rings. The Hall–Kier alpha value is -2.12. The second kappa shape index (κ2) is 3.69. The number of anilines is 1. The molecule has 0 amide bonds. The number of nitrogens with zero attached hydrogens (tertiary/aromatic N) is 3. The van der Waals surface area contributed by atoms with Crippen LogP contribution in [0.25, 0.3) is 5.52 Å². The van der Waals surface area contributed by atoms with E-state index in [1.165, 1.54) is 17.8 Å². The van der Waals surface area contributed by atoms with Crippen LogP contribution in [0.3, 0.4) is 0 Å². The predicted molar refractivity (Wildman–Crippen MR) is 67.0 cm³/mol. The van der Waals surface area contributed by atoms with Crippen LogP contribution in [0.2, 0.25) is 0 Å². The number of hydrogen-bond acceptors (Lipinski definition) is 6. The third-order valence-electron chi connectivity index (χ3n) is 3.44. The fourth-order valence-corrected chi connectivity index (χ4v) is 2.34. The lowest BCUT2D eigenvalue weighted by Crippen LogP contribution is -2.39. The second-order valence-corrected chi connectivity index (χ2v) is 4.79. The molecule has 1 saturated heterocycles. The monoisotopic (exact) mass is 262 g/mol. The van der Waals surface area contributed by atoms with Gasteiger partial charge in [0.1, 0.15) is 29.3 Å². The molecule has 3 atom stereocenters. The minimum atomic E-state index is -1.48. The van der Waals surface area contributed by atoms with Crippen molar-refractivity contribution in [3.05, 3.63) is 36.5 Å². The molecule has 100 valence electrons. The van der Waals surface area contributed by atoms with Gasteiger partial charge in [-0.1, -0.05) is 6.58 Å². The number of ether oxygens (including phenoxy) is 1. The van der Waals surface area contributed by atoms with E-state index in [1.807, 2.05) is 0 Å². The molecule has 0 bridgehead atoms. The first-order chi connectivity index (χ1) is 8.93. The van der Waals surface area contributed by atoms with Gasteiger partial charge in [-0.05, 0) is 19.1 Å². The molecule has 0 spiro atoms. The Morgan fingerprint density at radius 1 is 1.53 bits per heavy atom. The van der Waals surface area contributed by atoms with Gasteiger partial charge in [0.05, 0.1) is 5.69 Å². The summed E-state index contributed by atoms with van der Waals surface area (Å²) in [6, 6.07) is 3.46. The van der Waals surface area contributed by atoms with E-state index < -0.39 is 17.8 Å². The zero-order valence-corrected chi connectivity index (χ0v) is 10.3. The first kappa shape index (κ1) is 11.9. The van der Waals surface area contributed by atoms with Crippen LogP contribution in [0.15, 0.2) is 30.8 Å². The van der Waals surface area contributed by atoms with Crippen molar-refractivity contribution in [1.29, 1.82) is 0 Å². The van der Waals surface area contributed by atoms with Gasteiger partial charge in [-0.3, -0.25) is 0 Å². The van der Waals surface area contributed by atoms with Crippen molar-refractivity contribution in [1.82, 2.24) is 14.6 Å². The van der Waals surface area contributed by atoms with Crippen LogP contribution in [0.1, 0.15) is 18.7 Å². The molecule has 7 heteroatoms. The third-order valence-corrected chi connectivity index (χ3v) is 3.44. The maximum Gasteiger partial charge on any atom is 0.171 e. The quantitative estimate of drug-likeness (QED) is 0.668. The lowest BCUT2D eigenvalue weighted by molar-refractivity contribution is -0.0664. The molecule has 0 aliphatic carbocycles. The number of nitrogens with two attached hydrogens (primary N) is 1. The average Bonchev–Trinajstić information content (AvgIpc) is 2.86. The molecule has 3 heterocycles. The fourth-order valence-electron chi connectivity index (χ4n) is 2.34. The van der Waals surface area contributed by atoms with Gasteiger partial charge < -0.3 is 20.7 Å². The van der Waals surface area contributed by atoms with Crippen molar-refractivity contribution < 1.29 is 14.9 Å². The standard InChI is InChI=1S/C12H14N4O3/c1-6-9(17)12(2,18)10(19-6)7-3-4-8-11(13)14-5-15-16(7)8/h3-5,9-10,17-18H,1H2,2H3,(H2,13,14,15)/t9-,10+,12-/m1/s1. The summed E-state index contributed by atoms with van der Waals surface area (Å²) in [5.41, 5.74) is 5.46. The minimum absolute atomic E-state index is 0.131. The summed E-state index contributed by atoms with van der Waals surface area (Å²) in [5, 5.41) is 24.3. The summed E-state index contributed by atoms with van der Waals surface area (Å²) in [6.07, 6.45) is -0.602. The van der Waals surface area contributed by atoms with Gasteiger partial charge in [-0.2, -0.15) is 5.10 Å². The number of hydrogen-bond donors (Lipinski definition) is 3. The van der Waals surface area contributed by atoms with Crippen LogP contribution in [0, 0.1) is 0 Å². The van der Waals surface area contributed by atoms with E-state index in [2.05, 4.69) is 16.7 Å². The molecule has 0 radical (unpaired) electrons. The predicted octanol–water partition coefficient (Wildman–Crippen LogP) is 0.00840. The Morgan fingerprint density at radius 2 is 2.26 bits per heavy atom. The summed E-state index contributed by atoms with van der Waals surface area (Å²) in [6.45, 7) is 5.08. The summed E-state index contributed by atoms with van der Waals surface area (Å²) in [7, 11) is 0. The largest absolute Gasteiger partial charge is 0.483 e. The van der Waals surface area contributed by atoms with E-state index >= 15 is 0 Å². The third kappa shape index (κ3) is 1.52. The number of fused-ring (bicyclic) bond motifs is 1. The molecular formula is C12H14N4O3. The van der Waals surface area contributed by atoms with Crippen molar-refractivity contribution in [3.63, 3.8) is 0 Å². The number of aliphatic hydroxyl groups excluding tert-OH is 1. The maximum atomic E-state index is 10.4. The molecule has 1 fully saturated rings. The molecule has 0 saturated carbocycles. The number of aromatic nitrogens is 3. The van der Waals surface area contributed by atoms with E-state index in [9.17, 15) is 10.2 Å². The highest BCUT2D eigenvalue weighted by atomic mass is 16.5. The van der Waals surface area contributed by atoms with Crippen LogP contribution in [-0.4, -0.2) is 36.5 Å². The van der Waals surface area contributed by atoms with Gasteiger partial charge in [0.25, 0.3) is 0 Å². The zero-order chi connectivity index (χ0) is 13.8. The van der Waals surface area contributed by atoms with Gasteiger partial charge in [0.2, 0.25) is 0 Å². The topological polar surface area (TPSA) is 106 Å². The van der Waals surface area contributed by atoms with Crippen molar-refractivity contribution in [3.8, 4) is 0 Å². The van der Waals surface area contributed by atoms with Crippen LogP contribution in [0.5, 0.6) is 0 Å². The van der Waals surface area contributed by atoms with Crippen LogP contribution in [0.4, 0.5) is 5.82 Å². The zero-order valence-electron chi connectivity index (χ0n) is 10.3. The van der Waals surface area contributed by atoms with E-state index in [1.54, 1.807) is 12.1 Å². The summed E-state index contributed by atoms with van der Waals surface area (Å²) < 4.78 is 7.00. The van der Waals surface area contributed by atoms with Crippen LogP contribution in [-0.2, 0) is 4.74 Å². The Labute approximate surface area is 108 Å². The Balaban J connectivity index is 2.16. The molecule has 1 aliphatic heterocycles. The van der Waals surface area contributed by atoms with Gasteiger partial charge in [0.15, 0.2) is 11.9 Å². The van der Waals surface area contributed by atoms with Gasteiger partial charge in [-0.15, -0.1) is 0 Å². The minimum Gasteiger partial charge on any atom is -0.483 e. The summed E-state index contributed by atoms with van der Waals surface area (Å²) in [4.78, 5) is 3.89. The maximum absolute atomic E-state index is 10.4. The van der Waals surface area contributed by atoms with Gasteiger partial charge >= 0.3 is 0 Å². The first-order valence-electron chi connectivity index (χ1n) is 5.77. The molecule has 19 heavy (non-hydrogen) atoms. The van der Waals surface area contributed by atoms with E-state index in [-0.39, 0.29) is 5.76 Å². The summed E-state index contributed by atoms with van der Waals surface area (Å²) in [5.74, 6) is 0.463. The van der Waals surface area contributed by atoms with E-state index in [0.29, 0.717) is 17.0 Å². The van der Waals surface area contributed by atoms with E-state index in [4.69, 9.17) is 10.5 Å². The first-order valence-corrected chi connectivity index (χ1v) is 5.77. The van der Waals surface area contributed by atoms with Crippen molar-refractivity contribution in [2.75, 3.05) is 5.73 Å². The molecule has 0 unspecified atom stereocenters. The highest BCUT2D eigenvalue weighted by Gasteiger charge is 2.51. The lowest BCUT2D eigenvalue weighted by atomic mass is 9.93. The summed E-state index contributed by atoms with van der Waals surface area (Å²) >= 11 is 0. The molecule has 7 nitrogen and oxygen atoms in total. The highest BCUT2D eigenvalue weighted by molar-refractivity contribution is 5.65. The SMILES string of the molecule is C=C1O[C@@H](c2ccc3c(N)ncnn23)[C@](C)(O)[C@@H]1O. The number of nitrogen functional groups attached to an aromatic ring is 1. The molecule has 3 rings (SSSR count). The van der Waals surface area contributed by atoms with Crippen LogP contribution >= 0.6 is 0 Å². The number of rotatable bonds is 1. The average molecular weight is 262 g/mol. The fraction of sp³-hybridized carbons (Fsp3) is 0.333. The second-order valence-electron chi connectivity index (χ2n) is 4.79. The van der Waals surface area contributed by atoms with Crippen molar-refractivity contribution >= 4 is 11.3 Å². The number of aliphatic hydroxyl groups is 2. The molecule has 1 aliphatic rings. The molecular weight excluding hydrogens is 248 g/mol. The van der Waals surface area contributed by atoms with Crippen molar-refractivity contribution in [2.45, 2.75) is 24.7 Å². The molecule has 2 aromatic heterocycles. The smallest absolute Gasteiger partial charge is 0.171 e. The Bertz CT molecular complexity index is 664. The Kier molecular flexibility index (Phi) is 2.32. The van der Waals surface area contributed by atoms with Gasteiger partial charge in [0, 0.05) is 0 Å². The molecule has 0 aromatic carbocycles. The van der Waals surface area contributed by atoms with Gasteiger partial charge in [-0.25, -0.2) is 9.50 Å².